The number of likely N-dealkylation sites (N-methyl/N-ethyl adjacent to an activating group) is 1. The number of pyridine rings is 2. The van der Waals surface area contributed by atoms with Gasteiger partial charge in [-0.15, -0.1) is 0 Å². The minimum atomic E-state index is -0.447. The highest BCUT2D eigenvalue weighted by Crippen LogP contribution is 2.45. The third-order valence-corrected chi connectivity index (χ3v) is 5.08. The molecule has 2 saturated heterocycles. The molecule has 108 valence electrons. The lowest BCUT2D eigenvalue weighted by atomic mass is 9.84. The van der Waals surface area contributed by atoms with Gasteiger partial charge >= 0.3 is 0 Å². The van der Waals surface area contributed by atoms with Crippen LogP contribution in [0.4, 0.5) is 4.39 Å². The van der Waals surface area contributed by atoms with Crippen LogP contribution in [0.25, 0.3) is 11.3 Å². The van der Waals surface area contributed by atoms with E-state index < -0.39 is 5.95 Å². The minimum absolute atomic E-state index is 0.447. The molecule has 2 fully saturated rings. The van der Waals surface area contributed by atoms with Gasteiger partial charge in [-0.05, 0) is 50.1 Å². The van der Waals surface area contributed by atoms with Crippen molar-refractivity contribution in [2.45, 2.75) is 37.3 Å². The first-order chi connectivity index (χ1) is 10.2. The van der Waals surface area contributed by atoms with Crippen LogP contribution in [-0.2, 0) is 0 Å². The lowest BCUT2D eigenvalue weighted by Gasteiger charge is -2.22. The fourth-order valence-corrected chi connectivity index (χ4v) is 3.99. The van der Waals surface area contributed by atoms with E-state index in [1.54, 1.807) is 12.3 Å². The molecule has 4 rings (SSSR count). The second-order valence-corrected chi connectivity index (χ2v) is 6.16. The Morgan fingerprint density at radius 3 is 2.86 bits per heavy atom. The van der Waals surface area contributed by atoms with Gasteiger partial charge < -0.3 is 0 Å². The monoisotopic (exact) mass is 282 g/mol. The van der Waals surface area contributed by atoms with Crippen LogP contribution < -0.4 is 0 Å². The quantitative estimate of drug-likeness (QED) is 0.792. The van der Waals surface area contributed by atoms with Crippen LogP contribution in [0.1, 0.15) is 30.7 Å². The van der Waals surface area contributed by atoms with Gasteiger partial charge in [-0.25, -0.2) is 4.98 Å². The van der Waals surface area contributed by atoms with Crippen LogP contribution in [0.5, 0.6) is 0 Å². The van der Waals surface area contributed by atoms with E-state index in [0.29, 0.717) is 17.7 Å². The van der Waals surface area contributed by atoms with Gasteiger partial charge in [0.1, 0.15) is 0 Å². The number of halogens is 1. The molecule has 4 heteroatoms. The van der Waals surface area contributed by atoms with E-state index in [1.807, 2.05) is 12.3 Å². The van der Waals surface area contributed by atoms with Crippen molar-refractivity contribution in [1.82, 2.24) is 14.9 Å². The molecule has 0 saturated carbocycles. The predicted molar refractivity (Wildman–Crippen MR) is 79.4 cm³/mol. The molecule has 3 atom stereocenters. The largest absolute Gasteiger partial charge is 0.300 e. The van der Waals surface area contributed by atoms with Gasteiger partial charge in [0, 0.05) is 36.0 Å². The summed E-state index contributed by atoms with van der Waals surface area (Å²) in [6, 6.07) is 8.37. The predicted octanol–water partition coefficient (Wildman–Crippen LogP) is 3.23. The molecule has 0 amide bonds. The summed E-state index contributed by atoms with van der Waals surface area (Å²) in [7, 11) is 2.23. The topological polar surface area (TPSA) is 29.0 Å². The van der Waals surface area contributed by atoms with Crippen LogP contribution in [0.3, 0.4) is 0 Å². The van der Waals surface area contributed by atoms with Crippen molar-refractivity contribution < 1.29 is 4.39 Å². The summed E-state index contributed by atoms with van der Waals surface area (Å²) < 4.78 is 13.3. The molecule has 4 heterocycles. The Labute approximate surface area is 123 Å². The SMILES string of the molecule is CN1C2CCC1C(c1cncc(-c3cccc([18F])n3)c1)C2. The molecular formula is C17H18FN3. The molecule has 0 spiro atoms. The van der Waals surface area contributed by atoms with Crippen LogP contribution in [0.15, 0.2) is 36.7 Å². The van der Waals surface area contributed by atoms with Gasteiger partial charge in [-0.2, -0.15) is 4.39 Å². The Kier molecular flexibility index (Phi) is 3.00. The molecule has 3 unspecified atom stereocenters. The third kappa shape index (κ3) is 2.14. The van der Waals surface area contributed by atoms with E-state index in [-0.39, 0.29) is 0 Å². The first-order valence-electron chi connectivity index (χ1n) is 7.52. The number of hydrogen-bond donors (Lipinski definition) is 0. The summed E-state index contributed by atoms with van der Waals surface area (Å²) in [5.41, 5.74) is 2.82. The molecule has 2 bridgehead atoms. The highest BCUT2D eigenvalue weighted by atomic mass is 18.2. The van der Waals surface area contributed by atoms with Gasteiger partial charge in [-0.1, -0.05) is 6.07 Å². The zero-order valence-electron chi connectivity index (χ0n) is 12.0. The van der Waals surface area contributed by atoms with Crippen LogP contribution in [0, 0.1) is 5.95 Å². The number of hydrogen-bond acceptors (Lipinski definition) is 3. The van der Waals surface area contributed by atoms with E-state index in [1.165, 1.54) is 30.9 Å². The number of fused-ring (bicyclic) bond motifs is 2. The highest BCUT2D eigenvalue weighted by molar-refractivity contribution is 5.58. The Hall–Kier alpha value is -1.81. The molecule has 0 aliphatic carbocycles. The van der Waals surface area contributed by atoms with Gasteiger partial charge in [-0.3, -0.25) is 9.88 Å². The maximum atomic E-state index is 13.3. The van der Waals surface area contributed by atoms with Crippen LogP contribution in [0.2, 0.25) is 0 Å². The van der Waals surface area contributed by atoms with Crippen LogP contribution >= 0.6 is 0 Å². The smallest absolute Gasteiger partial charge is 0.213 e. The third-order valence-electron chi connectivity index (χ3n) is 5.08. The van der Waals surface area contributed by atoms with E-state index >= 15 is 0 Å². The summed E-state index contributed by atoms with van der Waals surface area (Å²) in [6.45, 7) is 0. The molecule has 0 N–H and O–H groups in total. The van der Waals surface area contributed by atoms with Crippen molar-refractivity contribution >= 4 is 0 Å². The second kappa shape index (κ2) is 4.88. The normalized spacial score (nSPS) is 28.2. The Morgan fingerprint density at radius 2 is 2.14 bits per heavy atom. The molecule has 0 aromatic carbocycles. The summed E-state index contributed by atoms with van der Waals surface area (Å²) >= 11 is 0. The summed E-state index contributed by atoms with van der Waals surface area (Å²) in [5, 5.41) is 0. The minimum Gasteiger partial charge on any atom is -0.300 e. The van der Waals surface area contributed by atoms with Crippen molar-refractivity contribution in [2.24, 2.45) is 0 Å². The standard InChI is InChI=1S/C17H18FN3/c1-21-13-5-6-16(21)14(8-13)11-7-12(10-19-9-11)15-3-2-4-17(18)20-15/h2-4,7,9-10,13-14,16H,5-6,8H2,1H3/i18-1. The highest BCUT2D eigenvalue weighted by Gasteiger charge is 2.44. The van der Waals surface area contributed by atoms with Crippen molar-refractivity contribution in [3.8, 4) is 11.3 Å². The first kappa shape index (κ1) is 12.9. The Bertz CT molecular complexity index is 673. The first-order valence-corrected chi connectivity index (χ1v) is 7.52. The van der Waals surface area contributed by atoms with Crippen molar-refractivity contribution in [3.63, 3.8) is 0 Å². The lowest BCUT2D eigenvalue weighted by molar-refractivity contribution is 0.307. The van der Waals surface area contributed by atoms with Gasteiger partial charge in [0.15, 0.2) is 0 Å². The zero-order valence-corrected chi connectivity index (χ0v) is 12.0. The van der Waals surface area contributed by atoms with Gasteiger partial charge in [0.2, 0.25) is 5.95 Å². The van der Waals surface area contributed by atoms with Crippen molar-refractivity contribution in [3.05, 3.63) is 48.2 Å². The maximum Gasteiger partial charge on any atom is 0.213 e. The zero-order chi connectivity index (χ0) is 14.4. The van der Waals surface area contributed by atoms with Gasteiger partial charge in [0.25, 0.3) is 0 Å². The molecule has 2 aromatic rings. The van der Waals surface area contributed by atoms with E-state index in [0.717, 1.165) is 11.6 Å². The second-order valence-electron chi connectivity index (χ2n) is 6.16. The molecule has 2 aliphatic rings. The Balaban J connectivity index is 1.68. The van der Waals surface area contributed by atoms with E-state index in [9.17, 15) is 4.39 Å². The number of nitrogens with zero attached hydrogens (tertiary/aromatic N) is 3. The van der Waals surface area contributed by atoms with E-state index in [2.05, 4.69) is 28.0 Å². The average molecular weight is 282 g/mol. The van der Waals surface area contributed by atoms with Crippen LogP contribution in [-0.4, -0.2) is 34.0 Å². The summed E-state index contributed by atoms with van der Waals surface area (Å²) in [6.07, 6.45) is 7.53. The molecule has 2 aliphatic heterocycles. The Morgan fingerprint density at radius 1 is 1.24 bits per heavy atom. The maximum absolute atomic E-state index is 13.3. The fourth-order valence-electron chi connectivity index (χ4n) is 3.99. The molecule has 2 aromatic heterocycles. The molecular weight excluding hydrogens is 264 g/mol. The van der Waals surface area contributed by atoms with Crippen molar-refractivity contribution in [1.29, 1.82) is 0 Å². The van der Waals surface area contributed by atoms with E-state index in [4.69, 9.17) is 0 Å². The number of rotatable bonds is 2. The van der Waals surface area contributed by atoms with Gasteiger partial charge in [0.05, 0.1) is 5.69 Å². The molecule has 3 nitrogen and oxygen atoms in total. The lowest BCUT2D eigenvalue weighted by Crippen LogP contribution is -2.25. The fraction of sp³-hybridized carbons (Fsp3) is 0.412. The summed E-state index contributed by atoms with van der Waals surface area (Å²) in [5.74, 6) is 0.104. The molecule has 21 heavy (non-hydrogen) atoms. The number of aromatic nitrogens is 2. The average Bonchev–Trinajstić information content (AvgIpc) is 3.03. The van der Waals surface area contributed by atoms with Crippen molar-refractivity contribution in [2.75, 3.05) is 7.05 Å². The molecule has 0 radical (unpaired) electrons. The summed E-state index contributed by atoms with van der Waals surface area (Å²) in [4.78, 5) is 10.8.